The van der Waals surface area contributed by atoms with Crippen molar-refractivity contribution >= 4 is 27.7 Å². The average Bonchev–Trinajstić information content (AvgIpc) is 2.37. The molecule has 0 bridgehead atoms. The van der Waals surface area contributed by atoms with Crippen molar-refractivity contribution in [2.24, 2.45) is 0 Å². The van der Waals surface area contributed by atoms with Crippen LogP contribution in [-0.2, 0) is 14.3 Å². The number of esters is 1. The molecule has 0 aliphatic rings. The molecule has 0 unspecified atom stereocenters. The van der Waals surface area contributed by atoms with Crippen LogP contribution in [0.5, 0.6) is 5.75 Å². The molecular formula is C15H19BrO4. The number of carbonyl (C=O) groups is 2. The molecule has 4 nitrogen and oxygen atoms in total. The fraction of sp³-hybridized carbons (Fsp3) is 0.467. The number of ketones is 1. The summed E-state index contributed by atoms with van der Waals surface area (Å²) < 4.78 is 11.2. The third-order valence-corrected chi connectivity index (χ3v) is 3.12. The average molecular weight is 343 g/mol. The number of rotatable bonds is 7. The molecule has 1 aromatic rings. The van der Waals surface area contributed by atoms with E-state index in [1.165, 1.54) is 0 Å². The Morgan fingerprint density at radius 2 is 2.00 bits per heavy atom. The molecule has 1 aromatic carbocycles. The zero-order valence-corrected chi connectivity index (χ0v) is 13.5. The summed E-state index contributed by atoms with van der Waals surface area (Å²) in [4.78, 5) is 22.8. The SMILES string of the molecule is CCOC(=O)CC(=O)COc1ccc(Br)cc1C(C)C. The van der Waals surface area contributed by atoms with Gasteiger partial charge in [0.2, 0.25) is 0 Å². The molecule has 0 aliphatic heterocycles. The maximum absolute atomic E-state index is 11.6. The van der Waals surface area contributed by atoms with Crippen LogP contribution in [0.1, 0.15) is 38.7 Å². The van der Waals surface area contributed by atoms with E-state index in [2.05, 4.69) is 29.8 Å². The van der Waals surface area contributed by atoms with Crippen LogP contribution in [-0.4, -0.2) is 25.0 Å². The first-order chi connectivity index (χ1) is 9.43. The molecule has 0 atom stereocenters. The Hall–Kier alpha value is -1.36. The second kappa shape index (κ2) is 8.04. The van der Waals surface area contributed by atoms with Crippen LogP contribution >= 0.6 is 15.9 Å². The molecule has 0 N–H and O–H groups in total. The second-order valence-electron chi connectivity index (χ2n) is 4.65. The fourth-order valence-electron chi connectivity index (χ4n) is 1.68. The maximum Gasteiger partial charge on any atom is 0.313 e. The van der Waals surface area contributed by atoms with Gasteiger partial charge in [-0.3, -0.25) is 9.59 Å². The number of halogens is 1. The monoisotopic (exact) mass is 342 g/mol. The smallest absolute Gasteiger partial charge is 0.313 e. The van der Waals surface area contributed by atoms with E-state index in [-0.39, 0.29) is 31.3 Å². The van der Waals surface area contributed by atoms with E-state index in [1.54, 1.807) is 6.92 Å². The standard InChI is InChI=1S/C15H19BrO4/c1-4-19-15(18)8-12(17)9-20-14-6-5-11(16)7-13(14)10(2)3/h5-7,10H,4,8-9H2,1-3H3. The third-order valence-electron chi connectivity index (χ3n) is 2.63. The van der Waals surface area contributed by atoms with Crippen molar-refractivity contribution in [3.05, 3.63) is 28.2 Å². The molecule has 110 valence electrons. The van der Waals surface area contributed by atoms with E-state index in [0.29, 0.717) is 5.75 Å². The van der Waals surface area contributed by atoms with Gasteiger partial charge in [-0.2, -0.15) is 0 Å². The molecule has 5 heteroatoms. The molecule has 20 heavy (non-hydrogen) atoms. The van der Waals surface area contributed by atoms with Gasteiger partial charge in [-0.05, 0) is 36.6 Å². The minimum atomic E-state index is -0.513. The number of hydrogen-bond donors (Lipinski definition) is 0. The van der Waals surface area contributed by atoms with E-state index in [9.17, 15) is 9.59 Å². The Labute approximate surface area is 127 Å². The van der Waals surface area contributed by atoms with Gasteiger partial charge in [-0.1, -0.05) is 29.8 Å². The largest absolute Gasteiger partial charge is 0.486 e. The Morgan fingerprint density at radius 3 is 2.60 bits per heavy atom. The summed E-state index contributed by atoms with van der Waals surface area (Å²) in [6.45, 7) is 5.96. The first-order valence-electron chi connectivity index (χ1n) is 6.53. The van der Waals surface area contributed by atoms with Gasteiger partial charge in [-0.15, -0.1) is 0 Å². The first kappa shape index (κ1) is 16.7. The highest BCUT2D eigenvalue weighted by Gasteiger charge is 2.13. The predicted octanol–water partition coefficient (Wildman–Crippen LogP) is 3.47. The zero-order chi connectivity index (χ0) is 15.1. The topological polar surface area (TPSA) is 52.6 Å². The Kier molecular flexibility index (Phi) is 6.71. The van der Waals surface area contributed by atoms with E-state index in [0.717, 1.165) is 10.0 Å². The maximum atomic E-state index is 11.6. The molecule has 0 saturated heterocycles. The Morgan fingerprint density at radius 1 is 1.30 bits per heavy atom. The molecule has 0 aromatic heterocycles. The molecule has 0 heterocycles. The minimum absolute atomic E-state index is 0.125. The van der Waals surface area contributed by atoms with Gasteiger partial charge in [0.1, 0.15) is 18.8 Å². The van der Waals surface area contributed by atoms with Crippen LogP contribution < -0.4 is 4.74 Å². The van der Waals surface area contributed by atoms with E-state index in [1.807, 2.05) is 18.2 Å². The number of benzene rings is 1. The second-order valence-corrected chi connectivity index (χ2v) is 5.56. The molecule has 0 radical (unpaired) electrons. The summed E-state index contributed by atoms with van der Waals surface area (Å²) in [6.07, 6.45) is -0.249. The van der Waals surface area contributed by atoms with Gasteiger partial charge >= 0.3 is 5.97 Å². The van der Waals surface area contributed by atoms with Crippen LogP contribution in [0.3, 0.4) is 0 Å². The van der Waals surface area contributed by atoms with Crippen molar-refractivity contribution in [2.45, 2.75) is 33.1 Å². The number of Topliss-reactive ketones (excluding diaryl/α,β-unsaturated/α-hetero) is 1. The summed E-state index contributed by atoms with van der Waals surface area (Å²) in [7, 11) is 0. The van der Waals surface area contributed by atoms with Crippen molar-refractivity contribution in [2.75, 3.05) is 13.2 Å². The van der Waals surface area contributed by atoms with E-state index < -0.39 is 5.97 Å². The molecule has 0 aliphatic carbocycles. The molecule has 0 amide bonds. The van der Waals surface area contributed by atoms with Gasteiger partial charge < -0.3 is 9.47 Å². The quantitative estimate of drug-likeness (QED) is 0.562. The minimum Gasteiger partial charge on any atom is -0.486 e. The first-order valence-corrected chi connectivity index (χ1v) is 7.33. The zero-order valence-electron chi connectivity index (χ0n) is 11.9. The van der Waals surface area contributed by atoms with Crippen LogP contribution in [0.2, 0.25) is 0 Å². The summed E-state index contributed by atoms with van der Waals surface area (Å²) in [5.41, 5.74) is 1.02. The summed E-state index contributed by atoms with van der Waals surface area (Å²) in [5, 5.41) is 0. The highest BCUT2D eigenvalue weighted by atomic mass is 79.9. The van der Waals surface area contributed by atoms with Gasteiger partial charge in [0.05, 0.1) is 6.61 Å². The highest BCUT2D eigenvalue weighted by molar-refractivity contribution is 9.10. The number of ether oxygens (including phenoxy) is 2. The van der Waals surface area contributed by atoms with Crippen LogP contribution in [0, 0.1) is 0 Å². The van der Waals surface area contributed by atoms with Gasteiger partial charge in [0, 0.05) is 4.47 Å². The van der Waals surface area contributed by atoms with Crippen molar-refractivity contribution in [3.8, 4) is 5.75 Å². The van der Waals surface area contributed by atoms with Crippen LogP contribution in [0.4, 0.5) is 0 Å². The lowest BCUT2D eigenvalue weighted by atomic mass is 10.0. The fourth-order valence-corrected chi connectivity index (χ4v) is 2.06. The number of hydrogen-bond acceptors (Lipinski definition) is 4. The lowest BCUT2D eigenvalue weighted by molar-refractivity contribution is -0.145. The normalized spacial score (nSPS) is 10.4. The van der Waals surface area contributed by atoms with Crippen LogP contribution in [0.15, 0.2) is 22.7 Å². The van der Waals surface area contributed by atoms with E-state index >= 15 is 0 Å². The highest BCUT2D eigenvalue weighted by Crippen LogP contribution is 2.29. The van der Waals surface area contributed by atoms with Gasteiger partial charge in [0.15, 0.2) is 5.78 Å². The number of carbonyl (C=O) groups excluding carboxylic acids is 2. The third kappa shape index (κ3) is 5.33. The molecule has 1 rings (SSSR count). The van der Waals surface area contributed by atoms with Crippen molar-refractivity contribution in [1.29, 1.82) is 0 Å². The molecule has 0 fully saturated rings. The summed E-state index contributed by atoms with van der Waals surface area (Å²) >= 11 is 3.41. The van der Waals surface area contributed by atoms with Gasteiger partial charge in [-0.25, -0.2) is 0 Å². The molecule has 0 spiro atoms. The van der Waals surface area contributed by atoms with Crippen molar-refractivity contribution in [3.63, 3.8) is 0 Å². The van der Waals surface area contributed by atoms with Crippen molar-refractivity contribution < 1.29 is 19.1 Å². The summed E-state index contributed by atoms with van der Waals surface area (Å²) in [6, 6.07) is 5.64. The molecule has 0 saturated carbocycles. The lowest BCUT2D eigenvalue weighted by Crippen LogP contribution is -2.17. The van der Waals surface area contributed by atoms with Crippen molar-refractivity contribution in [1.82, 2.24) is 0 Å². The van der Waals surface area contributed by atoms with E-state index in [4.69, 9.17) is 9.47 Å². The Bertz CT molecular complexity index is 483. The lowest BCUT2D eigenvalue weighted by Gasteiger charge is -2.14. The Balaban J connectivity index is 2.61. The molecular weight excluding hydrogens is 324 g/mol. The van der Waals surface area contributed by atoms with Crippen LogP contribution in [0.25, 0.3) is 0 Å². The summed E-state index contributed by atoms with van der Waals surface area (Å²) in [5.74, 6) is 0.144. The predicted molar refractivity (Wildman–Crippen MR) is 80.0 cm³/mol. The van der Waals surface area contributed by atoms with Gasteiger partial charge in [0.25, 0.3) is 0 Å².